The van der Waals surface area contributed by atoms with Gasteiger partial charge in [0.2, 0.25) is 0 Å². The van der Waals surface area contributed by atoms with Crippen LogP contribution in [0.15, 0.2) is 18.2 Å². The van der Waals surface area contributed by atoms with Gasteiger partial charge in [-0.2, -0.15) is 0 Å². The molecule has 2 saturated heterocycles. The Hall–Kier alpha value is -0.780. The highest BCUT2D eigenvalue weighted by atomic mass is 35.5. The van der Waals surface area contributed by atoms with Crippen molar-refractivity contribution in [3.8, 4) is 0 Å². The van der Waals surface area contributed by atoms with Gasteiger partial charge in [0.25, 0.3) is 5.91 Å². The van der Waals surface area contributed by atoms with Crippen molar-refractivity contribution in [2.45, 2.75) is 17.7 Å². The third kappa shape index (κ3) is 2.14. The third-order valence-corrected chi connectivity index (χ3v) is 6.68. The van der Waals surface area contributed by atoms with Gasteiger partial charge in [-0.3, -0.25) is 4.79 Å². The van der Waals surface area contributed by atoms with E-state index in [1.54, 1.807) is 17.0 Å². The molecule has 19 heavy (non-hydrogen) atoms. The Labute approximate surface area is 121 Å². The number of halogens is 2. The molecule has 2 bridgehead atoms. The lowest BCUT2D eigenvalue weighted by Crippen LogP contribution is -2.44. The van der Waals surface area contributed by atoms with Crippen LogP contribution < -0.4 is 0 Å². The molecular formula is C12H11Cl2NO3S. The van der Waals surface area contributed by atoms with Gasteiger partial charge in [0, 0.05) is 18.2 Å². The van der Waals surface area contributed by atoms with Crippen LogP contribution in [0.1, 0.15) is 16.8 Å². The van der Waals surface area contributed by atoms with Crippen LogP contribution in [0, 0.1) is 0 Å². The summed E-state index contributed by atoms with van der Waals surface area (Å²) in [6.45, 7) is 0.284. The zero-order valence-corrected chi connectivity index (χ0v) is 12.2. The van der Waals surface area contributed by atoms with Crippen LogP contribution in [0.25, 0.3) is 0 Å². The highest BCUT2D eigenvalue weighted by Gasteiger charge is 2.50. The van der Waals surface area contributed by atoms with Crippen molar-refractivity contribution in [3.05, 3.63) is 33.8 Å². The molecule has 4 nitrogen and oxygen atoms in total. The normalized spacial score (nSPS) is 27.8. The number of sulfone groups is 1. The molecule has 0 N–H and O–H groups in total. The molecule has 102 valence electrons. The second-order valence-corrected chi connectivity index (χ2v) is 8.07. The maximum atomic E-state index is 12.3. The molecule has 2 aliphatic rings. The Morgan fingerprint density at radius 2 is 2.00 bits per heavy atom. The maximum absolute atomic E-state index is 12.3. The van der Waals surface area contributed by atoms with Gasteiger partial charge >= 0.3 is 0 Å². The molecule has 1 amide bonds. The third-order valence-electron chi connectivity index (χ3n) is 3.74. The van der Waals surface area contributed by atoms with E-state index in [1.807, 2.05) is 0 Å². The first kappa shape index (κ1) is 13.2. The van der Waals surface area contributed by atoms with Gasteiger partial charge in [-0.05, 0) is 24.6 Å². The summed E-state index contributed by atoms with van der Waals surface area (Å²) in [6, 6.07) is 4.50. The Balaban J connectivity index is 1.85. The van der Waals surface area contributed by atoms with Crippen molar-refractivity contribution in [2.24, 2.45) is 0 Å². The van der Waals surface area contributed by atoms with Crippen molar-refractivity contribution in [1.29, 1.82) is 0 Å². The SMILES string of the molecule is O=C(c1ccc(Cl)c(Cl)c1)N1C[C@H]2C[C@H]1CS2(=O)=O. The lowest BCUT2D eigenvalue weighted by atomic mass is 10.2. The molecule has 0 aliphatic carbocycles. The van der Waals surface area contributed by atoms with E-state index in [9.17, 15) is 13.2 Å². The lowest BCUT2D eigenvalue weighted by Gasteiger charge is -2.27. The van der Waals surface area contributed by atoms with E-state index in [0.717, 1.165) is 0 Å². The van der Waals surface area contributed by atoms with Gasteiger partial charge in [0.15, 0.2) is 9.84 Å². The number of amides is 1. The zero-order chi connectivity index (χ0) is 13.8. The van der Waals surface area contributed by atoms with Crippen molar-refractivity contribution >= 4 is 38.9 Å². The van der Waals surface area contributed by atoms with Gasteiger partial charge in [0.1, 0.15) is 0 Å². The predicted molar refractivity (Wildman–Crippen MR) is 73.5 cm³/mol. The largest absolute Gasteiger partial charge is 0.333 e. The number of hydrogen-bond acceptors (Lipinski definition) is 3. The van der Waals surface area contributed by atoms with E-state index in [1.165, 1.54) is 6.07 Å². The molecule has 0 radical (unpaired) electrons. The monoisotopic (exact) mass is 319 g/mol. The molecule has 2 atom stereocenters. The minimum atomic E-state index is -2.99. The Kier molecular flexibility index (Phi) is 3.04. The van der Waals surface area contributed by atoms with Crippen LogP contribution in [0.2, 0.25) is 10.0 Å². The van der Waals surface area contributed by atoms with Crippen molar-refractivity contribution < 1.29 is 13.2 Å². The summed E-state index contributed by atoms with van der Waals surface area (Å²) in [4.78, 5) is 14.0. The van der Waals surface area contributed by atoms with Crippen LogP contribution in [-0.2, 0) is 9.84 Å². The van der Waals surface area contributed by atoms with Gasteiger partial charge in [-0.15, -0.1) is 0 Å². The van der Waals surface area contributed by atoms with Crippen LogP contribution in [0.3, 0.4) is 0 Å². The van der Waals surface area contributed by atoms with E-state index in [-0.39, 0.29) is 24.2 Å². The number of hydrogen-bond donors (Lipinski definition) is 0. The highest BCUT2D eigenvalue weighted by Crippen LogP contribution is 2.34. The molecule has 2 aliphatic heterocycles. The molecule has 0 unspecified atom stereocenters. The topological polar surface area (TPSA) is 54.5 Å². The van der Waals surface area contributed by atoms with Gasteiger partial charge < -0.3 is 4.90 Å². The first-order chi connectivity index (χ1) is 8.88. The first-order valence-electron chi connectivity index (χ1n) is 5.86. The quantitative estimate of drug-likeness (QED) is 0.795. The second-order valence-electron chi connectivity index (χ2n) is 4.93. The van der Waals surface area contributed by atoms with Gasteiger partial charge in [-0.1, -0.05) is 23.2 Å². The average Bonchev–Trinajstić information content (AvgIpc) is 2.87. The molecule has 0 saturated carbocycles. The fraction of sp³-hybridized carbons (Fsp3) is 0.417. The number of benzene rings is 1. The molecule has 7 heteroatoms. The molecule has 2 fully saturated rings. The lowest BCUT2D eigenvalue weighted by molar-refractivity contribution is 0.0746. The van der Waals surface area contributed by atoms with Crippen molar-refractivity contribution in [1.82, 2.24) is 4.90 Å². The average molecular weight is 320 g/mol. The Morgan fingerprint density at radius 3 is 2.53 bits per heavy atom. The second kappa shape index (κ2) is 4.36. The van der Waals surface area contributed by atoms with E-state index in [4.69, 9.17) is 23.2 Å². The smallest absolute Gasteiger partial charge is 0.254 e. The van der Waals surface area contributed by atoms with E-state index >= 15 is 0 Å². The fourth-order valence-corrected chi connectivity index (χ4v) is 5.07. The number of nitrogens with zero attached hydrogens (tertiary/aromatic N) is 1. The highest BCUT2D eigenvalue weighted by molar-refractivity contribution is 7.92. The summed E-state index contributed by atoms with van der Waals surface area (Å²) in [5.74, 6) is -0.106. The maximum Gasteiger partial charge on any atom is 0.254 e. The predicted octanol–water partition coefficient (Wildman–Crippen LogP) is 2.00. The first-order valence-corrected chi connectivity index (χ1v) is 8.33. The molecule has 1 aromatic rings. The van der Waals surface area contributed by atoms with Crippen LogP contribution in [0.4, 0.5) is 0 Å². The summed E-state index contributed by atoms with van der Waals surface area (Å²) >= 11 is 11.7. The number of rotatable bonds is 1. The number of likely N-dealkylation sites (tertiary alicyclic amines) is 1. The number of carbonyl (C=O) groups is 1. The number of carbonyl (C=O) groups excluding carboxylic acids is 1. The van der Waals surface area contributed by atoms with Gasteiger partial charge in [-0.25, -0.2) is 8.42 Å². The molecular weight excluding hydrogens is 309 g/mol. The van der Waals surface area contributed by atoms with Crippen LogP contribution in [-0.4, -0.2) is 42.8 Å². The molecule has 0 aromatic heterocycles. The molecule has 3 rings (SSSR count). The summed E-state index contributed by atoms with van der Waals surface area (Å²) in [6.07, 6.45) is 0.551. The summed E-state index contributed by atoms with van der Waals surface area (Å²) in [5, 5.41) is 0.317. The standard InChI is InChI=1S/C12H11Cl2NO3S/c13-10-2-1-7(3-11(10)14)12(16)15-5-9-4-8(15)6-19(9,17)18/h1-3,8-9H,4-6H2/t8-,9+/m0/s1. The Morgan fingerprint density at radius 1 is 1.26 bits per heavy atom. The van der Waals surface area contributed by atoms with E-state index in [2.05, 4.69) is 0 Å². The van der Waals surface area contributed by atoms with E-state index in [0.29, 0.717) is 22.0 Å². The summed E-state index contributed by atoms with van der Waals surface area (Å²) < 4.78 is 23.3. The summed E-state index contributed by atoms with van der Waals surface area (Å²) in [7, 11) is -2.99. The van der Waals surface area contributed by atoms with E-state index < -0.39 is 15.1 Å². The minimum absolute atomic E-state index is 0.0741. The van der Waals surface area contributed by atoms with Gasteiger partial charge in [0.05, 0.1) is 21.0 Å². The van der Waals surface area contributed by atoms with Crippen LogP contribution >= 0.6 is 23.2 Å². The number of fused-ring (bicyclic) bond motifs is 2. The molecule has 1 aromatic carbocycles. The zero-order valence-electron chi connectivity index (χ0n) is 9.84. The fourth-order valence-electron chi connectivity index (χ4n) is 2.74. The molecule has 2 heterocycles. The van der Waals surface area contributed by atoms with Crippen LogP contribution in [0.5, 0.6) is 0 Å². The minimum Gasteiger partial charge on any atom is -0.333 e. The molecule has 0 spiro atoms. The summed E-state index contributed by atoms with van der Waals surface area (Å²) in [5.41, 5.74) is 0.444. The van der Waals surface area contributed by atoms with Crippen molar-refractivity contribution in [3.63, 3.8) is 0 Å². The van der Waals surface area contributed by atoms with Crippen molar-refractivity contribution in [2.75, 3.05) is 12.3 Å². The Bertz CT molecular complexity index is 659.